The maximum absolute atomic E-state index is 12.6. The van der Waals surface area contributed by atoms with E-state index in [1.165, 1.54) is 11.3 Å². The molecule has 4 aromatic rings. The molecule has 0 saturated heterocycles. The lowest BCUT2D eigenvalue weighted by Gasteiger charge is -2.09. The van der Waals surface area contributed by atoms with Gasteiger partial charge in [0, 0.05) is 26.8 Å². The molecule has 0 aliphatic carbocycles. The topological polar surface area (TPSA) is 71.1 Å². The molecule has 4 rings (SSSR count). The van der Waals surface area contributed by atoms with Gasteiger partial charge in [-0.3, -0.25) is 4.72 Å². The molecule has 0 bridgehead atoms. The van der Waals surface area contributed by atoms with Crippen LogP contribution in [0.4, 0.5) is 16.5 Å². The van der Waals surface area contributed by atoms with Crippen LogP contribution in [-0.4, -0.2) is 13.4 Å². The average molecular weight is 486 g/mol. The summed E-state index contributed by atoms with van der Waals surface area (Å²) in [4.78, 5) is 4.81. The number of halogens is 1. The Balaban J connectivity index is 1.54. The zero-order chi connectivity index (χ0) is 20.3. The first-order valence-corrected chi connectivity index (χ1v) is 11.8. The van der Waals surface area contributed by atoms with Gasteiger partial charge in [-0.05, 0) is 48.5 Å². The fraction of sp³-hybridized carbons (Fsp3) is 0. The van der Waals surface area contributed by atoms with E-state index < -0.39 is 10.0 Å². The van der Waals surface area contributed by atoms with Crippen LogP contribution in [0.1, 0.15) is 0 Å². The quantitative estimate of drug-likeness (QED) is 0.345. The first-order chi connectivity index (χ1) is 14.0. The molecular formula is C21H16BrN3O2S2. The Bertz CT molecular complexity index is 1220. The van der Waals surface area contributed by atoms with Crippen LogP contribution in [0.15, 0.2) is 93.6 Å². The van der Waals surface area contributed by atoms with Crippen molar-refractivity contribution in [2.24, 2.45) is 0 Å². The molecule has 8 heteroatoms. The highest BCUT2D eigenvalue weighted by molar-refractivity contribution is 9.10. The molecule has 0 atom stereocenters. The number of rotatable bonds is 6. The van der Waals surface area contributed by atoms with E-state index in [1.54, 1.807) is 42.5 Å². The maximum Gasteiger partial charge on any atom is 0.261 e. The van der Waals surface area contributed by atoms with Crippen LogP contribution in [-0.2, 0) is 10.0 Å². The molecule has 5 nitrogen and oxygen atoms in total. The molecule has 29 heavy (non-hydrogen) atoms. The number of nitrogens with zero attached hydrogens (tertiary/aromatic N) is 1. The Morgan fingerprint density at radius 2 is 1.59 bits per heavy atom. The lowest BCUT2D eigenvalue weighted by atomic mass is 10.1. The third kappa shape index (κ3) is 4.84. The Labute approximate surface area is 181 Å². The number of aromatic nitrogens is 1. The molecule has 1 aromatic heterocycles. The van der Waals surface area contributed by atoms with Gasteiger partial charge in [-0.1, -0.05) is 46.3 Å². The van der Waals surface area contributed by atoms with E-state index in [0.29, 0.717) is 5.69 Å². The van der Waals surface area contributed by atoms with Crippen molar-refractivity contribution in [2.45, 2.75) is 4.90 Å². The predicted octanol–water partition coefficient (Wildman–Crippen LogP) is 6.12. The summed E-state index contributed by atoms with van der Waals surface area (Å²) in [5.74, 6) is 0. The van der Waals surface area contributed by atoms with Gasteiger partial charge in [0.1, 0.15) is 0 Å². The largest absolute Gasteiger partial charge is 0.332 e. The number of para-hydroxylation sites is 1. The summed E-state index contributed by atoms with van der Waals surface area (Å²) in [6.07, 6.45) is 0. The number of thiazole rings is 1. The molecule has 0 saturated carbocycles. The second-order valence-corrected chi connectivity index (χ2v) is 9.63. The molecular weight excluding hydrogens is 470 g/mol. The maximum atomic E-state index is 12.6. The van der Waals surface area contributed by atoms with Gasteiger partial charge in [-0.25, -0.2) is 13.4 Å². The second kappa shape index (κ2) is 8.36. The van der Waals surface area contributed by atoms with Crippen LogP contribution in [0.5, 0.6) is 0 Å². The summed E-state index contributed by atoms with van der Waals surface area (Å²) in [7, 11) is -3.67. The molecule has 0 fully saturated rings. The molecule has 0 radical (unpaired) electrons. The number of hydrogen-bond donors (Lipinski definition) is 2. The van der Waals surface area contributed by atoms with Crippen molar-refractivity contribution in [3.63, 3.8) is 0 Å². The van der Waals surface area contributed by atoms with Gasteiger partial charge in [0.2, 0.25) is 0 Å². The highest BCUT2D eigenvalue weighted by Gasteiger charge is 2.14. The smallest absolute Gasteiger partial charge is 0.261 e. The lowest BCUT2D eigenvalue weighted by molar-refractivity contribution is 0.601. The summed E-state index contributed by atoms with van der Waals surface area (Å²) in [6.45, 7) is 0. The van der Waals surface area contributed by atoms with Crippen LogP contribution in [0, 0.1) is 0 Å². The molecule has 0 amide bonds. The first-order valence-electron chi connectivity index (χ1n) is 8.66. The summed E-state index contributed by atoms with van der Waals surface area (Å²) < 4.78 is 28.7. The van der Waals surface area contributed by atoms with Crippen molar-refractivity contribution in [3.8, 4) is 11.3 Å². The minimum absolute atomic E-state index is 0.203. The zero-order valence-corrected chi connectivity index (χ0v) is 18.3. The van der Waals surface area contributed by atoms with E-state index in [9.17, 15) is 8.42 Å². The molecule has 1 heterocycles. The van der Waals surface area contributed by atoms with Gasteiger partial charge >= 0.3 is 0 Å². The summed E-state index contributed by atoms with van der Waals surface area (Å²) in [5.41, 5.74) is 3.05. The van der Waals surface area contributed by atoms with Crippen LogP contribution in [0.25, 0.3) is 11.3 Å². The predicted molar refractivity (Wildman–Crippen MR) is 122 cm³/mol. The van der Waals surface area contributed by atoms with Crippen molar-refractivity contribution < 1.29 is 8.42 Å². The number of benzene rings is 3. The van der Waals surface area contributed by atoms with Crippen molar-refractivity contribution in [3.05, 3.63) is 88.7 Å². The summed E-state index contributed by atoms with van der Waals surface area (Å²) in [5, 5.41) is 5.97. The minimum Gasteiger partial charge on any atom is -0.332 e. The third-order valence-electron chi connectivity index (χ3n) is 4.06. The van der Waals surface area contributed by atoms with Crippen molar-refractivity contribution in [1.82, 2.24) is 4.98 Å². The van der Waals surface area contributed by atoms with Gasteiger partial charge in [0.15, 0.2) is 5.13 Å². The van der Waals surface area contributed by atoms with Gasteiger partial charge in [0.05, 0.1) is 10.6 Å². The van der Waals surface area contributed by atoms with Gasteiger partial charge in [-0.15, -0.1) is 11.3 Å². The van der Waals surface area contributed by atoms with E-state index >= 15 is 0 Å². The zero-order valence-electron chi connectivity index (χ0n) is 15.0. The van der Waals surface area contributed by atoms with E-state index in [1.807, 2.05) is 41.8 Å². The molecule has 0 spiro atoms. The van der Waals surface area contributed by atoms with Crippen molar-refractivity contribution >= 4 is 53.8 Å². The average Bonchev–Trinajstić information content (AvgIpc) is 3.17. The third-order valence-corrected chi connectivity index (χ3v) is 6.75. The van der Waals surface area contributed by atoms with Crippen LogP contribution in [0.3, 0.4) is 0 Å². The molecule has 2 N–H and O–H groups in total. The van der Waals surface area contributed by atoms with E-state index in [0.717, 1.165) is 26.5 Å². The summed E-state index contributed by atoms with van der Waals surface area (Å²) in [6, 6.07) is 23.5. The first kappa shape index (κ1) is 19.6. The highest BCUT2D eigenvalue weighted by Crippen LogP contribution is 2.29. The Morgan fingerprint density at radius 3 is 2.34 bits per heavy atom. The normalized spacial score (nSPS) is 11.2. The van der Waals surface area contributed by atoms with Crippen LogP contribution in [0.2, 0.25) is 0 Å². The van der Waals surface area contributed by atoms with Gasteiger partial charge in [-0.2, -0.15) is 0 Å². The summed E-state index contributed by atoms with van der Waals surface area (Å²) >= 11 is 4.80. The van der Waals surface area contributed by atoms with Gasteiger partial charge < -0.3 is 5.32 Å². The number of hydrogen-bond acceptors (Lipinski definition) is 5. The van der Waals surface area contributed by atoms with Crippen LogP contribution >= 0.6 is 27.3 Å². The Morgan fingerprint density at radius 1 is 0.862 bits per heavy atom. The van der Waals surface area contributed by atoms with Crippen molar-refractivity contribution in [2.75, 3.05) is 10.0 Å². The monoisotopic (exact) mass is 485 g/mol. The van der Waals surface area contributed by atoms with E-state index in [4.69, 9.17) is 0 Å². The Kier molecular flexibility index (Phi) is 5.66. The van der Waals surface area contributed by atoms with E-state index in [2.05, 4.69) is 31.0 Å². The van der Waals surface area contributed by atoms with E-state index in [-0.39, 0.29) is 4.90 Å². The fourth-order valence-electron chi connectivity index (χ4n) is 2.68. The molecule has 0 aliphatic heterocycles. The van der Waals surface area contributed by atoms with Crippen molar-refractivity contribution in [1.29, 1.82) is 0 Å². The number of nitrogens with one attached hydrogen (secondary N) is 2. The molecule has 146 valence electrons. The number of anilines is 3. The second-order valence-electron chi connectivity index (χ2n) is 6.17. The lowest BCUT2D eigenvalue weighted by Crippen LogP contribution is -2.12. The Hall–Kier alpha value is -2.68. The van der Waals surface area contributed by atoms with Gasteiger partial charge in [0.25, 0.3) is 10.0 Å². The minimum atomic E-state index is -3.67. The number of sulfonamides is 1. The fourth-order valence-corrected chi connectivity index (χ4v) is 4.73. The standard InChI is InChI=1S/C21H16BrN3O2S2/c22-16-9-11-19(12-10-16)29(26,27)25-18-8-4-5-15(13-18)20-14-28-21(24-20)23-17-6-2-1-3-7-17/h1-14,25H,(H,23,24). The highest BCUT2D eigenvalue weighted by atomic mass is 79.9. The molecule has 3 aromatic carbocycles. The molecule has 0 unspecified atom stereocenters. The SMILES string of the molecule is O=S(=O)(Nc1cccc(-c2csc(Nc3ccccc3)n2)c1)c1ccc(Br)cc1. The molecule has 0 aliphatic rings. The van der Waals surface area contributed by atoms with Crippen LogP contribution < -0.4 is 10.0 Å².